The van der Waals surface area contributed by atoms with E-state index in [-0.39, 0.29) is 11.8 Å². The van der Waals surface area contributed by atoms with Crippen molar-refractivity contribution in [1.29, 1.82) is 0 Å². The third-order valence-corrected chi connectivity index (χ3v) is 5.29. The van der Waals surface area contributed by atoms with Gasteiger partial charge >= 0.3 is 0 Å². The Morgan fingerprint density at radius 1 is 1.20 bits per heavy atom. The zero-order chi connectivity index (χ0) is 14.6. The molecule has 2 fully saturated rings. The van der Waals surface area contributed by atoms with Gasteiger partial charge in [-0.2, -0.15) is 12.7 Å². The van der Waals surface area contributed by atoms with Crippen molar-refractivity contribution in [2.75, 3.05) is 32.7 Å². The van der Waals surface area contributed by atoms with Gasteiger partial charge in [0.2, 0.25) is 5.91 Å². The lowest BCUT2D eigenvalue weighted by Gasteiger charge is -2.30. The molecule has 0 bridgehead atoms. The largest absolute Gasteiger partial charge is 0.356 e. The van der Waals surface area contributed by atoms with Crippen LogP contribution in [0.5, 0.6) is 0 Å². The Bertz CT molecular complexity index is 426. The Hall–Kier alpha value is -0.700. The molecular weight excluding hydrogens is 280 g/mol. The molecule has 0 aliphatic carbocycles. The van der Waals surface area contributed by atoms with Crippen molar-refractivity contribution in [3.8, 4) is 0 Å². The van der Waals surface area contributed by atoms with Crippen LogP contribution in [-0.2, 0) is 15.0 Å². The Morgan fingerprint density at radius 2 is 1.80 bits per heavy atom. The second-order valence-electron chi connectivity index (χ2n) is 5.66. The van der Waals surface area contributed by atoms with Gasteiger partial charge in [0, 0.05) is 25.6 Å². The van der Waals surface area contributed by atoms with Gasteiger partial charge < -0.3 is 10.6 Å². The van der Waals surface area contributed by atoms with Crippen LogP contribution >= 0.6 is 0 Å². The van der Waals surface area contributed by atoms with Crippen molar-refractivity contribution >= 4 is 16.1 Å². The first-order valence-electron chi connectivity index (χ1n) is 7.23. The number of hydrogen-bond acceptors (Lipinski definition) is 4. The summed E-state index contributed by atoms with van der Waals surface area (Å²) in [6, 6.07) is 0. The van der Waals surface area contributed by atoms with Crippen LogP contribution in [0.15, 0.2) is 0 Å². The Morgan fingerprint density at radius 3 is 2.35 bits per heavy atom. The van der Waals surface area contributed by atoms with Crippen LogP contribution in [-0.4, -0.2) is 51.4 Å². The van der Waals surface area contributed by atoms with Crippen LogP contribution in [0, 0.1) is 11.8 Å². The summed E-state index contributed by atoms with van der Waals surface area (Å²) < 4.78 is 23.7. The van der Waals surface area contributed by atoms with Crippen LogP contribution in [0.2, 0.25) is 0 Å². The first-order valence-corrected chi connectivity index (χ1v) is 8.73. The fraction of sp³-hybridized carbons (Fsp3) is 0.917. The molecular formula is C12H24N4O3S. The van der Waals surface area contributed by atoms with Crippen LogP contribution in [0.1, 0.15) is 25.7 Å². The lowest BCUT2D eigenvalue weighted by atomic mass is 9.95. The van der Waals surface area contributed by atoms with Gasteiger partial charge in [-0.25, -0.2) is 5.14 Å². The molecule has 0 saturated carbocycles. The van der Waals surface area contributed by atoms with E-state index in [4.69, 9.17) is 5.14 Å². The van der Waals surface area contributed by atoms with Gasteiger partial charge in [0.15, 0.2) is 0 Å². The van der Waals surface area contributed by atoms with E-state index in [0.717, 1.165) is 38.8 Å². The molecule has 0 unspecified atom stereocenters. The van der Waals surface area contributed by atoms with Gasteiger partial charge in [0.05, 0.1) is 0 Å². The van der Waals surface area contributed by atoms with Gasteiger partial charge in [-0.1, -0.05) is 0 Å². The van der Waals surface area contributed by atoms with E-state index in [1.807, 2.05) is 0 Å². The molecule has 7 nitrogen and oxygen atoms in total. The second-order valence-corrected chi connectivity index (χ2v) is 7.20. The van der Waals surface area contributed by atoms with Gasteiger partial charge in [0.1, 0.15) is 0 Å². The minimum absolute atomic E-state index is 0.126. The number of nitrogens with two attached hydrogens (primary N) is 1. The standard InChI is InChI=1S/C12H24N4O3S/c13-20(18,19)16-7-3-10(4-8-16)9-15-12(17)11-1-5-14-6-2-11/h10-11,14H,1-9H2,(H,15,17)(H2,13,18,19). The van der Waals surface area contributed by atoms with E-state index in [0.29, 0.717) is 25.6 Å². The van der Waals surface area contributed by atoms with Crippen LogP contribution in [0.3, 0.4) is 0 Å². The lowest BCUT2D eigenvalue weighted by molar-refractivity contribution is -0.126. The monoisotopic (exact) mass is 304 g/mol. The number of piperidine rings is 2. The number of carbonyl (C=O) groups excluding carboxylic acids is 1. The normalized spacial score (nSPS) is 23.6. The Balaban J connectivity index is 1.69. The van der Waals surface area contributed by atoms with E-state index in [9.17, 15) is 13.2 Å². The molecule has 0 aromatic rings. The van der Waals surface area contributed by atoms with Crippen molar-refractivity contribution in [3.05, 3.63) is 0 Å². The van der Waals surface area contributed by atoms with Crippen molar-refractivity contribution in [1.82, 2.24) is 14.9 Å². The average Bonchev–Trinajstić information content (AvgIpc) is 2.45. The summed E-state index contributed by atoms with van der Waals surface area (Å²) in [5.41, 5.74) is 0. The summed E-state index contributed by atoms with van der Waals surface area (Å²) in [4.78, 5) is 12.0. The van der Waals surface area contributed by atoms with Gasteiger partial charge in [-0.3, -0.25) is 4.79 Å². The maximum Gasteiger partial charge on any atom is 0.276 e. The maximum atomic E-state index is 12.0. The molecule has 0 aromatic carbocycles. The van der Waals surface area contributed by atoms with E-state index < -0.39 is 10.2 Å². The number of carbonyl (C=O) groups is 1. The highest BCUT2D eigenvalue weighted by molar-refractivity contribution is 7.86. The van der Waals surface area contributed by atoms with E-state index in [2.05, 4.69) is 10.6 Å². The Kier molecular flexibility index (Phi) is 5.36. The van der Waals surface area contributed by atoms with Crippen LogP contribution in [0.4, 0.5) is 0 Å². The highest BCUT2D eigenvalue weighted by Gasteiger charge is 2.26. The van der Waals surface area contributed by atoms with E-state index in [1.165, 1.54) is 4.31 Å². The summed E-state index contributed by atoms with van der Waals surface area (Å²) in [5.74, 6) is 0.611. The van der Waals surface area contributed by atoms with E-state index >= 15 is 0 Å². The SMILES string of the molecule is NS(=O)(=O)N1CCC(CNC(=O)C2CCNCC2)CC1. The third kappa shape index (κ3) is 4.41. The quantitative estimate of drug-likeness (QED) is 0.621. The molecule has 1 amide bonds. The topological polar surface area (TPSA) is 105 Å². The molecule has 2 heterocycles. The molecule has 2 saturated heterocycles. The number of amides is 1. The Labute approximate surface area is 120 Å². The summed E-state index contributed by atoms with van der Waals surface area (Å²) in [6.45, 7) is 3.36. The molecule has 0 spiro atoms. The second kappa shape index (κ2) is 6.84. The molecule has 0 atom stereocenters. The number of nitrogens with one attached hydrogen (secondary N) is 2. The first-order chi connectivity index (χ1) is 9.47. The van der Waals surface area contributed by atoms with Gasteiger partial charge in [-0.15, -0.1) is 0 Å². The predicted octanol–water partition coefficient (Wildman–Crippen LogP) is -0.982. The predicted molar refractivity (Wildman–Crippen MR) is 76.0 cm³/mol. The molecule has 116 valence electrons. The highest BCUT2D eigenvalue weighted by atomic mass is 32.2. The average molecular weight is 304 g/mol. The van der Waals surface area contributed by atoms with Crippen LogP contribution in [0.25, 0.3) is 0 Å². The minimum Gasteiger partial charge on any atom is -0.356 e. The number of rotatable bonds is 4. The zero-order valence-corrected chi connectivity index (χ0v) is 12.5. The molecule has 2 aliphatic heterocycles. The molecule has 20 heavy (non-hydrogen) atoms. The maximum absolute atomic E-state index is 12.0. The highest BCUT2D eigenvalue weighted by Crippen LogP contribution is 2.18. The molecule has 2 rings (SSSR count). The summed E-state index contributed by atoms with van der Waals surface area (Å²) in [5, 5.41) is 11.3. The molecule has 0 radical (unpaired) electrons. The summed E-state index contributed by atoms with van der Waals surface area (Å²) in [7, 11) is -3.56. The molecule has 2 aliphatic rings. The molecule has 0 aromatic heterocycles. The van der Waals surface area contributed by atoms with Gasteiger partial charge in [-0.05, 0) is 44.7 Å². The first kappa shape index (κ1) is 15.7. The smallest absolute Gasteiger partial charge is 0.276 e. The van der Waals surface area contributed by atoms with Crippen molar-refractivity contribution in [3.63, 3.8) is 0 Å². The van der Waals surface area contributed by atoms with Gasteiger partial charge in [0.25, 0.3) is 10.2 Å². The van der Waals surface area contributed by atoms with Crippen molar-refractivity contribution in [2.45, 2.75) is 25.7 Å². The lowest BCUT2D eigenvalue weighted by Crippen LogP contribution is -2.45. The fourth-order valence-electron chi connectivity index (χ4n) is 2.84. The fourth-order valence-corrected chi connectivity index (χ4v) is 3.56. The van der Waals surface area contributed by atoms with E-state index in [1.54, 1.807) is 0 Å². The molecule has 4 N–H and O–H groups in total. The number of hydrogen-bond donors (Lipinski definition) is 3. The number of nitrogens with zero attached hydrogens (tertiary/aromatic N) is 1. The molecule has 8 heteroatoms. The van der Waals surface area contributed by atoms with Crippen LogP contribution < -0.4 is 15.8 Å². The minimum atomic E-state index is -3.56. The third-order valence-electron chi connectivity index (χ3n) is 4.21. The summed E-state index contributed by atoms with van der Waals surface area (Å²) in [6.07, 6.45) is 3.30. The van der Waals surface area contributed by atoms with Crippen molar-refractivity contribution < 1.29 is 13.2 Å². The summed E-state index contributed by atoms with van der Waals surface area (Å²) >= 11 is 0. The zero-order valence-electron chi connectivity index (χ0n) is 11.7. The van der Waals surface area contributed by atoms with Crippen molar-refractivity contribution in [2.24, 2.45) is 17.0 Å².